The average Bonchev–Trinajstić information content (AvgIpc) is 2.35. The Balaban J connectivity index is 2.09. The predicted molar refractivity (Wildman–Crippen MR) is 72.5 cm³/mol. The van der Waals surface area contributed by atoms with E-state index in [1.165, 1.54) is 0 Å². The fourth-order valence-corrected chi connectivity index (χ4v) is 1.56. The molecule has 0 amide bonds. The molecule has 4 heteroatoms. The number of alkyl halides is 1. The SMILES string of the molecule is CC(C)C(Cl)CNc1ncc2ccccc2n1. The van der Waals surface area contributed by atoms with Gasteiger partial charge in [0.2, 0.25) is 5.95 Å². The molecule has 17 heavy (non-hydrogen) atoms. The number of anilines is 1. The first-order chi connectivity index (χ1) is 8.16. The molecule has 0 spiro atoms. The summed E-state index contributed by atoms with van der Waals surface area (Å²) in [7, 11) is 0. The lowest BCUT2D eigenvalue weighted by molar-refractivity contribution is 0.615. The lowest BCUT2D eigenvalue weighted by atomic mass is 10.1. The first kappa shape index (κ1) is 12.1. The van der Waals surface area contributed by atoms with Gasteiger partial charge in [0.25, 0.3) is 0 Å². The van der Waals surface area contributed by atoms with Crippen molar-refractivity contribution >= 4 is 28.5 Å². The molecule has 0 aliphatic rings. The summed E-state index contributed by atoms with van der Waals surface area (Å²) in [4.78, 5) is 8.68. The summed E-state index contributed by atoms with van der Waals surface area (Å²) >= 11 is 6.17. The highest BCUT2D eigenvalue weighted by atomic mass is 35.5. The molecule has 1 N–H and O–H groups in total. The Hall–Kier alpha value is -1.35. The summed E-state index contributed by atoms with van der Waals surface area (Å²) in [6, 6.07) is 7.92. The van der Waals surface area contributed by atoms with Gasteiger partial charge in [-0.1, -0.05) is 32.0 Å². The average molecular weight is 250 g/mol. The van der Waals surface area contributed by atoms with Gasteiger partial charge in [-0.05, 0) is 12.0 Å². The monoisotopic (exact) mass is 249 g/mol. The molecule has 1 heterocycles. The molecule has 0 radical (unpaired) electrons. The van der Waals surface area contributed by atoms with Crippen molar-refractivity contribution in [1.82, 2.24) is 9.97 Å². The molecule has 3 nitrogen and oxygen atoms in total. The number of hydrogen-bond acceptors (Lipinski definition) is 3. The van der Waals surface area contributed by atoms with Crippen LogP contribution in [0.3, 0.4) is 0 Å². The lowest BCUT2D eigenvalue weighted by Crippen LogP contribution is -2.20. The van der Waals surface area contributed by atoms with Crippen LogP contribution >= 0.6 is 11.6 Å². The first-order valence-corrected chi connectivity index (χ1v) is 6.20. The predicted octanol–water partition coefficient (Wildman–Crippen LogP) is 3.31. The van der Waals surface area contributed by atoms with Crippen LogP contribution in [0.4, 0.5) is 5.95 Å². The van der Waals surface area contributed by atoms with Gasteiger partial charge in [-0.25, -0.2) is 9.97 Å². The van der Waals surface area contributed by atoms with E-state index in [2.05, 4.69) is 29.1 Å². The van der Waals surface area contributed by atoms with Crippen LogP contribution in [0, 0.1) is 5.92 Å². The molecule has 0 fully saturated rings. The molecule has 0 aliphatic carbocycles. The van der Waals surface area contributed by atoms with E-state index in [0.29, 0.717) is 18.4 Å². The highest BCUT2D eigenvalue weighted by molar-refractivity contribution is 6.21. The number of nitrogens with zero attached hydrogens (tertiary/aromatic N) is 2. The van der Waals surface area contributed by atoms with Crippen LogP contribution < -0.4 is 5.32 Å². The van der Waals surface area contributed by atoms with Gasteiger partial charge >= 0.3 is 0 Å². The van der Waals surface area contributed by atoms with Crippen LogP contribution in [0.1, 0.15) is 13.8 Å². The van der Waals surface area contributed by atoms with E-state index >= 15 is 0 Å². The van der Waals surface area contributed by atoms with Crippen molar-refractivity contribution in [3.63, 3.8) is 0 Å². The van der Waals surface area contributed by atoms with Gasteiger partial charge in [-0.2, -0.15) is 0 Å². The van der Waals surface area contributed by atoms with Gasteiger partial charge < -0.3 is 5.32 Å². The minimum atomic E-state index is 0.0880. The van der Waals surface area contributed by atoms with E-state index in [-0.39, 0.29) is 5.38 Å². The molecular formula is C13H16ClN3. The number of para-hydroxylation sites is 1. The van der Waals surface area contributed by atoms with Gasteiger partial charge in [0.05, 0.1) is 10.9 Å². The zero-order valence-corrected chi connectivity index (χ0v) is 10.8. The molecular weight excluding hydrogens is 234 g/mol. The van der Waals surface area contributed by atoms with Crippen molar-refractivity contribution in [3.05, 3.63) is 30.5 Å². The molecule has 0 aliphatic heterocycles. The van der Waals surface area contributed by atoms with E-state index in [9.17, 15) is 0 Å². The number of halogens is 1. The van der Waals surface area contributed by atoms with Gasteiger partial charge in [0.15, 0.2) is 0 Å². The van der Waals surface area contributed by atoms with Crippen LogP contribution in [0.5, 0.6) is 0 Å². The van der Waals surface area contributed by atoms with Crippen molar-refractivity contribution < 1.29 is 0 Å². The van der Waals surface area contributed by atoms with Gasteiger partial charge in [0, 0.05) is 18.1 Å². The molecule has 0 saturated carbocycles. The Kier molecular flexibility index (Phi) is 3.79. The number of rotatable bonds is 4. The molecule has 1 atom stereocenters. The van der Waals surface area contributed by atoms with Crippen molar-refractivity contribution in [2.45, 2.75) is 19.2 Å². The van der Waals surface area contributed by atoms with E-state index in [1.54, 1.807) is 0 Å². The second kappa shape index (κ2) is 5.32. The molecule has 90 valence electrons. The maximum absolute atomic E-state index is 6.17. The topological polar surface area (TPSA) is 37.8 Å². The zero-order valence-electron chi connectivity index (χ0n) is 10.0. The second-order valence-corrected chi connectivity index (χ2v) is 4.95. The summed E-state index contributed by atoms with van der Waals surface area (Å²) in [5.41, 5.74) is 0.945. The van der Waals surface area contributed by atoms with E-state index in [4.69, 9.17) is 11.6 Å². The molecule has 0 saturated heterocycles. The van der Waals surface area contributed by atoms with Crippen LogP contribution in [0.15, 0.2) is 30.5 Å². The fourth-order valence-electron chi connectivity index (χ4n) is 1.48. The maximum Gasteiger partial charge on any atom is 0.223 e. The quantitative estimate of drug-likeness (QED) is 0.845. The standard InChI is InChI=1S/C13H16ClN3/c1-9(2)11(14)8-16-13-15-7-10-5-3-4-6-12(10)17-13/h3-7,9,11H,8H2,1-2H3,(H,15,16,17). The third-order valence-corrected chi connectivity index (χ3v) is 3.33. The molecule has 2 rings (SSSR count). The Bertz CT molecular complexity index is 499. The fraction of sp³-hybridized carbons (Fsp3) is 0.385. The van der Waals surface area contributed by atoms with Crippen molar-refractivity contribution in [2.24, 2.45) is 5.92 Å². The van der Waals surface area contributed by atoms with Crippen LogP contribution in [0.25, 0.3) is 10.9 Å². The number of aromatic nitrogens is 2. The molecule has 0 bridgehead atoms. The minimum absolute atomic E-state index is 0.0880. The highest BCUT2D eigenvalue weighted by Crippen LogP contribution is 2.13. The molecule has 1 aromatic heterocycles. The second-order valence-electron chi connectivity index (χ2n) is 4.39. The van der Waals surface area contributed by atoms with Crippen molar-refractivity contribution in [3.8, 4) is 0 Å². The first-order valence-electron chi connectivity index (χ1n) is 5.76. The summed E-state index contributed by atoms with van der Waals surface area (Å²) in [5, 5.41) is 4.30. The Morgan fingerprint density at radius 2 is 2.06 bits per heavy atom. The molecule has 2 aromatic rings. The van der Waals surface area contributed by atoms with Gasteiger partial charge in [0.1, 0.15) is 0 Å². The number of benzene rings is 1. The zero-order chi connectivity index (χ0) is 12.3. The van der Waals surface area contributed by atoms with Crippen molar-refractivity contribution in [1.29, 1.82) is 0 Å². The Morgan fingerprint density at radius 1 is 1.29 bits per heavy atom. The van der Waals surface area contributed by atoms with Gasteiger partial charge in [-0.15, -0.1) is 11.6 Å². The van der Waals surface area contributed by atoms with Crippen LogP contribution in [0.2, 0.25) is 0 Å². The van der Waals surface area contributed by atoms with E-state index in [0.717, 1.165) is 10.9 Å². The Morgan fingerprint density at radius 3 is 2.82 bits per heavy atom. The van der Waals surface area contributed by atoms with E-state index in [1.807, 2.05) is 30.5 Å². The minimum Gasteiger partial charge on any atom is -0.353 e. The summed E-state index contributed by atoms with van der Waals surface area (Å²) in [6.45, 7) is 4.87. The number of hydrogen-bond donors (Lipinski definition) is 1. The number of fused-ring (bicyclic) bond motifs is 1. The largest absolute Gasteiger partial charge is 0.353 e. The van der Waals surface area contributed by atoms with Crippen LogP contribution in [-0.4, -0.2) is 21.9 Å². The summed E-state index contributed by atoms with van der Waals surface area (Å²) in [5.74, 6) is 1.07. The summed E-state index contributed by atoms with van der Waals surface area (Å²) in [6.07, 6.45) is 1.82. The highest BCUT2D eigenvalue weighted by Gasteiger charge is 2.09. The van der Waals surface area contributed by atoms with Gasteiger partial charge in [-0.3, -0.25) is 0 Å². The number of nitrogens with one attached hydrogen (secondary N) is 1. The molecule has 1 unspecified atom stereocenters. The summed E-state index contributed by atoms with van der Waals surface area (Å²) < 4.78 is 0. The normalized spacial score (nSPS) is 12.9. The lowest BCUT2D eigenvalue weighted by Gasteiger charge is -2.13. The van der Waals surface area contributed by atoms with Crippen molar-refractivity contribution in [2.75, 3.05) is 11.9 Å². The van der Waals surface area contributed by atoms with E-state index < -0.39 is 0 Å². The third-order valence-electron chi connectivity index (χ3n) is 2.67. The van der Waals surface area contributed by atoms with Crippen LogP contribution in [-0.2, 0) is 0 Å². The maximum atomic E-state index is 6.17. The Labute approximate surface area is 106 Å². The smallest absolute Gasteiger partial charge is 0.223 e. The molecule has 1 aromatic carbocycles. The third kappa shape index (κ3) is 3.07.